The molecule has 0 amide bonds. The highest BCUT2D eigenvalue weighted by molar-refractivity contribution is 5.47. The monoisotopic (exact) mass is 244 g/mol. The van der Waals surface area contributed by atoms with Crippen molar-refractivity contribution < 1.29 is 4.52 Å². The SMILES string of the molecule is NC(Cc1cnc[nH]1)c1nc(-c2ccc[nH]2)no1. The molecular formula is C11H12N6O. The van der Waals surface area contributed by atoms with Crippen molar-refractivity contribution in [3.05, 3.63) is 42.4 Å². The second kappa shape index (κ2) is 4.46. The maximum absolute atomic E-state index is 6.00. The molecular weight excluding hydrogens is 232 g/mol. The van der Waals surface area contributed by atoms with Gasteiger partial charge in [-0.25, -0.2) is 4.98 Å². The van der Waals surface area contributed by atoms with Gasteiger partial charge in [-0.2, -0.15) is 4.98 Å². The van der Waals surface area contributed by atoms with Crippen LogP contribution >= 0.6 is 0 Å². The lowest BCUT2D eigenvalue weighted by atomic mass is 10.2. The van der Waals surface area contributed by atoms with Gasteiger partial charge in [0.15, 0.2) is 0 Å². The summed E-state index contributed by atoms with van der Waals surface area (Å²) in [5.74, 6) is 0.921. The van der Waals surface area contributed by atoms with Gasteiger partial charge in [-0.15, -0.1) is 0 Å². The molecule has 0 aliphatic heterocycles. The Balaban J connectivity index is 1.77. The number of hydrogen-bond acceptors (Lipinski definition) is 5. The second-order valence-electron chi connectivity index (χ2n) is 3.93. The second-order valence-corrected chi connectivity index (χ2v) is 3.93. The van der Waals surface area contributed by atoms with Crippen LogP contribution in [0.25, 0.3) is 11.5 Å². The van der Waals surface area contributed by atoms with Gasteiger partial charge in [0, 0.05) is 24.5 Å². The summed E-state index contributed by atoms with van der Waals surface area (Å²) in [6, 6.07) is 3.40. The van der Waals surface area contributed by atoms with E-state index in [1.54, 1.807) is 18.7 Å². The van der Waals surface area contributed by atoms with E-state index in [1.807, 2.05) is 12.1 Å². The third-order valence-electron chi connectivity index (χ3n) is 2.59. The van der Waals surface area contributed by atoms with Crippen LogP contribution in [-0.2, 0) is 6.42 Å². The van der Waals surface area contributed by atoms with Crippen LogP contribution in [0.4, 0.5) is 0 Å². The van der Waals surface area contributed by atoms with Crippen molar-refractivity contribution in [1.29, 1.82) is 0 Å². The molecule has 0 aliphatic rings. The molecule has 7 nitrogen and oxygen atoms in total. The summed E-state index contributed by atoms with van der Waals surface area (Å²) in [5.41, 5.74) is 7.74. The highest BCUT2D eigenvalue weighted by Gasteiger charge is 2.16. The van der Waals surface area contributed by atoms with E-state index in [0.29, 0.717) is 18.1 Å². The lowest BCUT2D eigenvalue weighted by Gasteiger charge is -2.03. The Morgan fingerprint density at radius 2 is 2.33 bits per heavy atom. The predicted octanol–water partition coefficient (Wildman–Crippen LogP) is 1.03. The normalized spacial score (nSPS) is 12.7. The van der Waals surface area contributed by atoms with Crippen LogP contribution in [0.3, 0.4) is 0 Å². The standard InChI is InChI=1S/C11H12N6O/c12-8(4-7-5-13-6-15-7)11-16-10(17-18-11)9-2-1-3-14-9/h1-3,5-6,8,14H,4,12H2,(H,13,15). The maximum Gasteiger partial charge on any atom is 0.244 e. The first-order chi connectivity index (χ1) is 8.83. The fraction of sp³-hybridized carbons (Fsp3) is 0.182. The largest absolute Gasteiger partial charge is 0.359 e. The summed E-state index contributed by atoms with van der Waals surface area (Å²) in [6.07, 6.45) is 5.71. The number of hydrogen-bond donors (Lipinski definition) is 3. The average molecular weight is 244 g/mol. The van der Waals surface area contributed by atoms with Crippen LogP contribution in [-0.4, -0.2) is 25.1 Å². The Labute approximate surface area is 102 Å². The molecule has 0 bridgehead atoms. The summed E-state index contributed by atoms with van der Waals surface area (Å²) in [5, 5.41) is 3.89. The van der Waals surface area contributed by atoms with Gasteiger partial charge in [0.25, 0.3) is 0 Å². The third-order valence-corrected chi connectivity index (χ3v) is 2.59. The summed E-state index contributed by atoms with van der Waals surface area (Å²) in [4.78, 5) is 14.2. The molecule has 0 spiro atoms. The lowest BCUT2D eigenvalue weighted by molar-refractivity contribution is 0.354. The molecule has 18 heavy (non-hydrogen) atoms. The first-order valence-corrected chi connectivity index (χ1v) is 5.53. The van der Waals surface area contributed by atoms with E-state index >= 15 is 0 Å². The van der Waals surface area contributed by atoms with E-state index in [1.165, 1.54) is 0 Å². The van der Waals surface area contributed by atoms with Crippen LogP contribution < -0.4 is 5.73 Å². The van der Waals surface area contributed by atoms with E-state index in [0.717, 1.165) is 11.4 Å². The quantitative estimate of drug-likeness (QED) is 0.635. The predicted molar refractivity (Wildman–Crippen MR) is 63.3 cm³/mol. The molecule has 3 heterocycles. The zero-order valence-corrected chi connectivity index (χ0v) is 9.50. The Kier molecular flexibility index (Phi) is 2.66. The Bertz CT molecular complexity index is 597. The van der Waals surface area contributed by atoms with Crippen LogP contribution in [0.1, 0.15) is 17.6 Å². The molecule has 4 N–H and O–H groups in total. The van der Waals surface area contributed by atoms with Crippen molar-refractivity contribution >= 4 is 0 Å². The van der Waals surface area contributed by atoms with Gasteiger partial charge < -0.3 is 20.2 Å². The smallest absolute Gasteiger partial charge is 0.244 e. The molecule has 0 fully saturated rings. The van der Waals surface area contributed by atoms with Crippen LogP contribution in [0, 0.1) is 0 Å². The van der Waals surface area contributed by atoms with Gasteiger partial charge in [0.05, 0.1) is 18.1 Å². The summed E-state index contributed by atoms with van der Waals surface area (Å²) < 4.78 is 5.16. The number of H-pyrrole nitrogens is 2. The topological polar surface area (TPSA) is 109 Å². The zero-order chi connectivity index (χ0) is 12.4. The first-order valence-electron chi connectivity index (χ1n) is 5.53. The van der Waals surface area contributed by atoms with Gasteiger partial charge >= 0.3 is 0 Å². The molecule has 3 aromatic rings. The highest BCUT2D eigenvalue weighted by Crippen LogP contribution is 2.17. The molecule has 3 aromatic heterocycles. The maximum atomic E-state index is 6.00. The third kappa shape index (κ3) is 2.03. The van der Waals surface area contributed by atoms with Gasteiger partial charge in [0.2, 0.25) is 11.7 Å². The molecule has 1 unspecified atom stereocenters. The van der Waals surface area contributed by atoms with Gasteiger partial charge in [-0.05, 0) is 12.1 Å². The molecule has 1 atom stereocenters. The van der Waals surface area contributed by atoms with E-state index in [4.69, 9.17) is 10.3 Å². The van der Waals surface area contributed by atoms with Crippen LogP contribution in [0.5, 0.6) is 0 Å². The molecule has 0 saturated heterocycles. The summed E-state index contributed by atoms with van der Waals surface area (Å²) in [6.45, 7) is 0. The first kappa shape index (κ1) is 10.7. The van der Waals surface area contributed by atoms with E-state index in [-0.39, 0.29) is 6.04 Å². The van der Waals surface area contributed by atoms with Crippen molar-refractivity contribution in [3.8, 4) is 11.5 Å². The van der Waals surface area contributed by atoms with Crippen molar-refractivity contribution in [2.75, 3.05) is 0 Å². The van der Waals surface area contributed by atoms with E-state index in [2.05, 4.69) is 25.1 Å². The Hall–Kier alpha value is -2.41. The zero-order valence-electron chi connectivity index (χ0n) is 9.50. The van der Waals surface area contributed by atoms with Crippen molar-refractivity contribution in [3.63, 3.8) is 0 Å². The highest BCUT2D eigenvalue weighted by atomic mass is 16.5. The minimum absolute atomic E-state index is 0.346. The van der Waals surface area contributed by atoms with Crippen molar-refractivity contribution in [1.82, 2.24) is 25.1 Å². The average Bonchev–Trinajstić information content (AvgIpc) is 3.11. The van der Waals surface area contributed by atoms with Crippen molar-refractivity contribution in [2.24, 2.45) is 5.73 Å². The number of nitrogens with two attached hydrogens (primary N) is 1. The molecule has 0 saturated carbocycles. The Morgan fingerprint density at radius 3 is 3.06 bits per heavy atom. The fourth-order valence-electron chi connectivity index (χ4n) is 1.69. The fourth-order valence-corrected chi connectivity index (χ4v) is 1.69. The molecule has 92 valence electrons. The van der Waals surface area contributed by atoms with Crippen molar-refractivity contribution in [2.45, 2.75) is 12.5 Å². The van der Waals surface area contributed by atoms with Gasteiger partial charge in [-0.1, -0.05) is 5.16 Å². The minimum Gasteiger partial charge on any atom is -0.359 e. The number of imidazole rings is 1. The minimum atomic E-state index is -0.346. The number of aromatic nitrogens is 5. The number of rotatable bonds is 4. The van der Waals surface area contributed by atoms with E-state index < -0.39 is 0 Å². The van der Waals surface area contributed by atoms with Gasteiger partial charge in [-0.3, -0.25) is 0 Å². The number of nitrogens with one attached hydrogen (secondary N) is 2. The van der Waals surface area contributed by atoms with E-state index in [9.17, 15) is 0 Å². The van der Waals surface area contributed by atoms with Crippen LogP contribution in [0.15, 0.2) is 35.4 Å². The van der Waals surface area contributed by atoms with Gasteiger partial charge in [0.1, 0.15) is 0 Å². The number of aromatic amines is 2. The molecule has 0 aliphatic carbocycles. The summed E-state index contributed by atoms with van der Waals surface area (Å²) >= 11 is 0. The number of nitrogens with zero attached hydrogens (tertiary/aromatic N) is 3. The van der Waals surface area contributed by atoms with Crippen LogP contribution in [0.2, 0.25) is 0 Å². The lowest BCUT2D eigenvalue weighted by Crippen LogP contribution is -2.13. The summed E-state index contributed by atoms with van der Waals surface area (Å²) in [7, 11) is 0. The molecule has 0 radical (unpaired) electrons. The molecule has 7 heteroatoms. The molecule has 3 rings (SSSR count). The Morgan fingerprint density at radius 1 is 1.39 bits per heavy atom. The molecule has 0 aromatic carbocycles.